The Morgan fingerprint density at radius 3 is 2.52 bits per heavy atom. The van der Waals surface area contributed by atoms with Crippen LogP contribution in [-0.2, 0) is 14.3 Å². The van der Waals surface area contributed by atoms with E-state index in [9.17, 15) is 9.59 Å². The first-order valence-corrected chi connectivity index (χ1v) is 11.2. The van der Waals surface area contributed by atoms with Crippen molar-refractivity contribution in [1.82, 2.24) is 10.2 Å². The van der Waals surface area contributed by atoms with E-state index in [1.807, 2.05) is 24.0 Å². The van der Waals surface area contributed by atoms with E-state index in [2.05, 4.69) is 27.3 Å². The SMILES string of the molecule is COc1cc(Br)c(C2C(C(=O)N3CCOCC3)=C(C)NC3=CCCC(=O)C32)cc1OC. The molecule has 0 spiro atoms. The van der Waals surface area contributed by atoms with Gasteiger partial charge in [0, 0.05) is 46.9 Å². The molecule has 8 heteroatoms. The molecule has 4 rings (SSSR count). The Balaban J connectivity index is 1.88. The lowest BCUT2D eigenvalue weighted by atomic mass is 9.70. The summed E-state index contributed by atoms with van der Waals surface area (Å²) in [5, 5.41) is 3.36. The van der Waals surface area contributed by atoms with Crippen LogP contribution in [0, 0.1) is 5.92 Å². The van der Waals surface area contributed by atoms with Crippen LogP contribution in [-0.4, -0.2) is 57.1 Å². The van der Waals surface area contributed by atoms with Crippen LogP contribution in [0.5, 0.6) is 11.5 Å². The Kier molecular flexibility index (Phi) is 6.39. The zero-order valence-corrected chi connectivity index (χ0v) is 19.6. The van der Waals surface area contributed by atoms with Crippen LogP contribution < -0.4 is 14.8 Å². The highest BCUT2D eigenvalue weighted by Gasteiger charge is 2.44. The smallest absolute Gasteiger partial charge is 0.252 e. The molecule has 0 bridgehead atoms. The zero-order valence-electron chi connectivity index (χ0n) is 18.0. The molecule has 0 radical (unpaired) electrons. The molecule has 1 aromatic rings. The van der Waals surface area contributed by atoms with Gasteiger partial charge in [-0.1, -0.05) is 22.0 Å². The number of allylic oxidation sites excluding steroid dienone is 3. The Bertz CT molecular complexity index is 965. The second-order valence-corrected chi connectivity index (χ2v) is 8.77. The molecular weight excluding hydrogens is 464 g/mol. The second-order valence-electron chi connectivity index (χ2n) is 7.92. The predicted molar refractivity (Wildman–Crippen MR) is 119 cm³/mol. The number of morpholine rings is 1. The first-order valence-electron chi connectivity index (χ1n) is 10.4. The molecule has 1 aliphatic carbocycles. The number of methoxy groups -OCH3 is 2. The molecule has 1 aromatic carbocycles. The number of hydrogen-bond donors (Lipinski definition) is 1. The minimum atomic E-state index is -0.438. The van der Waals surface area contributed by atoms with Gasteiger partial charge in [-0.2, -0.15) is 0 Å². The molecular formula is C23H27BrN2O5. The molecule has 166 valence electrons. The summed E-state index contributed by atoms with van der Waals surface area (Å²) in [4.78, 5) is 28.6. The molecule has 1 amide bonds. The van der Waals surface area contributed by atoms with E-state index in [0.717, 1.165) is 21.4 Å². The molecule has 0 aromatic heterocycles. The summed E-state index contributed by atoms with van der Waals surface area (Å²) in [5.41, 5.74) is 3.10. The summed E-state index contributed by atoms with van der Waals surface area (Å²) >= 11 is 3.66. The number of carbonyl (C=O) groups is 2. The highest BCUT2D eigenvalue weighted by atomic mass is 79.9. The minimum Gasteiger partial charge on any atom is -0.493 e. The van der Waals surface area contributed by atoms with Crippen LogP contribution in [0.4, 0.5) is 0 Å². The van der Waals surface area contributed by atoms with Crippen molar-refractivity contribution in [3.63, 3.8) is 0 Å². The number of fused-ring (bicyclic) bond motifs is 1. The topological polar surface area (TPSA) is 77.1 Å². The fraction of sp³-hybridized carbons (Fsp3) is 0.478. The number of ketones is 1. The summed E-state index contributed by atoms with van der Waals surface area (Å²) < 4.78 is 17.2. The fourth-order valence-electron chi connectivity index (χ4n) is 4.68. The van der Waals surface area contributed by atoms with Crippen LogP contribution in [0.15, 0.2) is 39.6 Å². The van der Waals surface area contributed by atoms with E-state index in [0.29, 0.717) is 56.2 Å². The van der Waals surface area contributed by atoms with Crippen molar-refractivity contribution in [3.8, 4) is 11.5 Å². The van der Waals surface area contributed by atoms with E-state index in [1.165, 1.54) is 0 Å². The Morgan fingerprint density at radius 2 is 1.84 bits per heavy atom. The Hall–Kier alpha value is -2.32. The average Bonchev–Trinajstić information content (AvgIpc) is 2.78. The molecule has 2 unspecified atom stereocenters. The van der Waals surface area contributed by atoms with E-state index < -0.39 is 11.8 Å². The van der Waals surface area contributed by atoms with Crippen molar-refractivity contribution in [3.05, 3.63) is 45.2 Å². The standard InChI is InChI=1S/C23H27BrN2O5/c1-13-20(23(28)26-7-9-31-10-8-26)21(22-16(25-13)5-4-6-17(22)27)14-11-18(29-2)19(30-3)12-15(14)24/h5,11-12,21-22,25H,4,6-10H2,1-3H3. The summed E-state index contributed by atoms with van der Waals surface area (Å²) in [7, 11) is 3.16. The predicted octanol–water partition coefficient (Wildman–Crippen LogP) is 3.15. The molecule has 2 aliphatic heterocycles. The van der Waals surface area contributed by atoms with Gasteiger partial charge < -0.3 is 24.4 Å². The van der Waals surface area contributed by atoms with Gasteiger partial charge in [-0.15, -0.1) is 0 Å². The summed E-state index contributed by atoms with van der Waals surface area (Å²) in [6, 6.07) is 3.71. The van der Waals surface area contributed by atoms with Gasteiger partial charge in [0.2, 0.25) is 0 Å². The van der Waals surface area contributed by atoms with Crippen LogP contribution >= 0.6 is 15.9 Å². The molecule has 1 N–H and O–H groups in total. The monoisotopic (exact) mass is 490 g/mol. The van der Waals surface area contributed by atoms with Gasteiger partial charge in [-0.05, 0) is 31.0 Å². The quantitative estimate of drug-likeness (QED) is 0.698. The summed E-state index contributed by atoms with van der Waals surface area (Å²) in [6.45, 7) is 4.02. The van der Waals surface area contributed by atoms with Crippen LogP contribution in [0.3, 0.4) is 0 Å². The lowest BCUT2D eigenvalue weighted by molar-refractivity contribution is -0.132. The highest BCUT2D eigenvalue weighted by molar-refractivity contribution is 9.10. The number of nitrogens with zero attached hydrogens (tertiary/aromatic N) is 1. The third-order valence-corrected chi connectivity index (χ3v) is 6.87. The first-order chi connectivity index (χ1) is 15.0. The van der Waals surface area contributed by atoms with Crippen molar-refractivity contribution in [1.29, 1.82) is 0 Å². The molecule has 7 nitrogen and oxygen atoms in total. The van der Waals surface area contributed by atoms with Crippen molar-refractivity contribution in [2.24, 2.45) is 5.92 Å². The van der Waals surface area contributed by atoms with Crippen molar-refractivity contribution in [2.75, 3.05) is 40.5 Å². The van der Waals surface area contributed by atoms with Crippen molar-refractivity contribution < 1.29 is 23.8 Å². The maximum absolute atomic E-state index is 13.7. The summed E-state index contributed by atoms with van der Waals surface area (Å²) in [6.07, 6.45) is 3.25. The van der Waals surface area contributed by atoms with E-state index in [-0.39, 0.29) is 11.7 Å². The lowest BCUT2D eigenvalue weighted by Crippen LogP contribution is -2.47. The van der Waals surface area contributed by atoms with Gasteiger partial charge in [-0.25, -0.2) is 0 Å². The minimum absolute atomic E-state index is 0.0580. The molecule has 31 heavy (non-hydrogen) atoms. The lowest BCUT2D eigenvalue weighted by Gasteiger charge is -2.40. The number of amides is 1. The number of carbonyl (C=O) groups excluding carboxylic acids is 2. The van der Waals surface area contributed by atoms with E-state index in [1.54, 1.807) is 14.2 Å². The molecule has 3 aliphatic rings. The van der Waals surface area contributed by atoms with Gasteiger partial charge in [0.05, 0.1) is 33.4 Å². The molecule has 2 atom stereocenters. The van der Waals surface area contributed by atoms with Crippen molar-refractivity contribution in [2.45, 2.75) is 25.7 Å². The molecule has 0 saturated carbocycles. The van der Waals surface area contributed by atoms with Gasteiger partial charge in [0.25, 0.3) is 5.91 Å². The molecule has 2 heterocycles. The van der Waals surface area contributed by atoms with Crippen molar-refractivity contribution >= 4 is 27.6 Å². The second kappa shape index (κ2) is 9.04. The van der Waals surface area contributed by atoms with E-state index >= 15 is 0 Å². The van der Waals surface area contributed by atoms with Crippen LogP contribution in [0.25, 0.3) is 0 Å². The normalized spacial score (nSPS) is 23.7. The maximum Gasteiger partial charge on any atom is 0.252 e. The average molecular weight is 491 g/mol. The van der Waals surface area contributed by atoms with Gasteiger partial charge in [0.1, 0.15) is 5.78 Å². The highest BCUT2D eigenvalue weighted by Crippen LogP contribution is 2.48. The van der Waals surface area contributed by atoms with Crippen LogP contribution in [0.2, 0.25) is 0 Å². The number of nitrogens with one attached hydrogen (secondary N) is 1. The van der Waals surface area contributed by atoms with Gasteiger partial charge in [0.15, 0.2) is 11.5 Å². The Morgan fingerprint density at radius 1 is 1.16 bits per heavy atom. The number of benzene rings is 1. The third kappa shape index (κ3) is 3.99. The fourth-order valence-corrected chi connectivity index (χ4v) is 5.25. The number of ether oxygens (including phenoxy) is 3. The summed E-state index contributed by atoms with van der Waals surface area (Å²) in [5.74, 6) is 0.355. The zero-order chi connectivity index (χ0) is 22.1. The molecule has 1 fully saturated rings. The maximum atomic E-state index is 13.7. The third-order valence-electron chi connectivity index (χ3n) is 6.18. The first kappa shape index (κ1) is 21.9. The van der Waals surface area contributed by atoms with Gasteiger partial charge >= 0.3 is 0 Å². The van der Waals surface area contributed by atoms with Gasteiger partial charge in [-0.3, -0.25) is 9.59 Å². The van der Waals surface area contributed by atoms with E-state index in [4.69, 9.17) is 14.2 Å². The molecule has 1 saturated heterocycles. The number of halogens is 1. The number of Topliss-reactive ketones (excluding diaryl/α,β-unsaturated/α-hetero) is 1. The Labute approximate surface area is 190 Å². The number of rotatable bonds is 4. The number of hydrogen-bond acceptors (Lipinski definition) is 6. The van der Waals surface area contributed by atoms with Crippen LogP contribution in [0.1, 0.15) is 31.2 Å². The largest absolute Gasteiger partial charge is 0.493 e.